The molecule has 3 aromatic heterocycles. The van der Waals surface area contributed by atoms with E-state index in [9.17, 15) is 0 Å². The lowest BCUT2D eigenvalue weighted by Gasteiger charge is -2.14. The first-order valence-electron chi connectivity index (χ1n) is 15.8. The van der Waals surface area contributed by atoms with Gasteiger partial charge in [-0.2, -0.15) is 0 Å². The van der Waals surface area contributed by atoms with Crippen molar-refractivity contribution in [2.45, 2.75) is 6.92 Å². The Morgan fingerprint density at radius 3 is 1.63 bits per heavy atom. The fraction of sp³-hybridized carbons (Fsp3) is 0.0233. The number of para-hydroxylation sites is 3. The van der Waals surface area contributed by atoms with Crippen LogP contribution in [0, 0.1) is 6.92 Å². The van der Waals surface area contributed by atoms with E-state index in [4.69, 9.17) is 0 Å². The topological polar surface area (TPSA) is 9.86 Å². The molecule has 3 heterocycles. The number of fused-ring (bicyclic) bond motifs is 9. The zero-order valence-corrected chi connectivity index (χ0v) is 26.1. The largest absolute Gasteiger partial charge is 0.309 e. The molecule has 3 heteroatoms. The number of benzene rings is 7. The fourth-order valence-electron chi connectivity index (χ4n) is 7.54. The normalized spacial score (nSPS) is 12.0. The molecule has 0 aliphatic rings. The lowest BCUT2D eigenvalue weighted by molar-refractivity contribution is 1.15. The first kappa shape index (κ1) is 25.7. The second-order valence-corrected chi connectivity index (χ2v) is 13.3. The quantitative estimate of drug-likeness (QED) is 0.190. The summed E-state index contributed by atoms with van der Waals surface area (Å²) in [5, 5.41) is 7.82. The standard InChI is InChI=1S/C43H28N2S/c1-27-24-29(28-18-21-30(22-19-28)44-38-14-6-2-10-31(38)32-11-3-7-15-39(32)44)20-23-37(27)45-40-16-8-4-12-33(40)35-26-43-36(25-41(35)45)34-13-5-9-17-42(34)46-43/h2-26H,1H3. The summed E-state index contributed by atoms with van der Waals surface area (Å²) < 4.78 is 7.51. The van der Waals surface area contributed by atoms with E-state index in [2.05, 4.69) is 168 Å². The third kappa shape index (κ3) is 3.64. The van der Waals surface area contributed by atoms with E-state index < -0.39 is 0 Å². The maximum absolute atomic E-state index is 2.46. The molecule has 10 aromatic rings. The summed E-state index contributed by atoms with van der Waals surface area (Å²) in [6.45, 7) is 2.24. The lowest BCUT2D eigenvalue weighted by Crippen LogP contribution is -1.97. The fourth-order valence-corrected chi connectivity index (χ4v) is 8.66. The van der Waals surface area contributed by atoms with Gasteiger partial charge in [-0.3, -0.25) is 0 Å². The Labute approximate surface area is 270 Å². The average molecular weight is 605 g/mol. The van der Waals surface area contributed by atoms with Crippen LogP contribution in [0.2, 0.25) is 0 Å². The predicted molar refractivity (Wildman–Crippen MR) is 198 cm³/mol. The Balaban J connectivity index is 1.10. The van der Waals surface area contributed by atoms with E-state index in [1.54, 1.807) is 0 Å². The Bertz CT molecular complexity index is 2760. The van der Waals surface area contributed by atoms with E-state index in [1.807, 2.05) is 11.3 Å². The zero-order valence-electron chi connectivity index (χ0n) is 25.2. The number of aromatic nitrogens is 2. The minimum absolute atomic E-state index is 1.17. The van der Waals surface area contributed by atoms with Crippen LogP contribution >= 0.6 is 11.3 Å². The molecule has 0 fully saturated rings. The van der Waals surface area contributed by atoms with Crippen molar-refractivity contribution in [1.29, 1.82) is 0 Å². The van der Waals surface area contributed by atoms with Crippen molar-refractivity contribution < 1.29 is 0 Å². The molecular formula is C43H28N2S. The molecule has 7 aromatic carbocycles. The van der Waals surface area contributed by atoms with Crippen LogP contribution in [0.25, 0.3) is 86.3 Å². The van der Waals surface area contributed by atoms with Gasteiger partial charge in [-0.15, -0.1) is 11.3 Å². The Morgan fingerprint density at radius 2 is 0.957 bits per heavy atom. The Morgan fingerprint density at radius 1 is 0.391 bits per heavy atom. The minimum atomic E-state index is 1.17. The molecule has 2 nitrogen and oxygen atoms in total. The van der Waals surface area contributed by atoms with Gasteiger partial charge in [0.25, 0.3) is 0 Å². The van der Waals surface area contributed by atoms with Gasteiger partial charge in [0.2, 0.25) is 0 Å². The molecule has 10 rings (SSSR count). The van der Waals surface area contributed by atoms with Gasteiger partial charge >= 0.3 is 0 Å². The summed E-state index contributed by atoms with van der Waals surface area (Å²) in [5.41, 5.74) is 11.0. The summed E-state index contributed by atoms with van der Waals surface area (Å²) in [4.78, 5) is 0. The van der Waals surface area contributed by atoms with Crippen LogP contribution in [0.5, 0.6) is 0 Å². The van der Waals surface area contributed by atoms with Crippen LogP contribution in [-0.2, 0) is 0 Å². The highest BCUT2D eigenvalue weighted by Crippen LogP contribution is 2.41. The third-order valence-corrected chi connectivity index (χ3v) is 10.8. The average Bonchev–Trinajstić information content (AvgIpc) is 3.75. The molecule has 0 aliphatic carbocycles. The summed E-state index contributed by atoms with van der Waals surface area (Å²) in [7, 11) is 0. The summed E-state index contributed by atoms with van der Waals surface area (Å²) in [6.07, 6.45) is 0. The molecule has 46 heavy (non-hydrogen) atoms. The van der Waals surface area contributed by atoms with E-state index in [-0.39, 0.29) is 0 Å². The molecule has 0 amide bonds. The summed E-state index contributed by atoms with van der Waals surface area (Å²) >= 11 is 1.88. The maximum Gasteiger partial charge on any atom is 0.0548 e. The molecule has 0 radical (unpaired) electrons. The van der Waals surface area contributed by atoms with Gasteiger partial charge in [-0.1, -0.05) is 91.0 Å². The van der Waals surface area contributed by atoms with Gasteiger partial charge in [0.1, 0.15) is 0 Å². The van der Waals surface area contributed by atoms with Crippen molar-refractivity contribution in [3.8, 4) is 22.5 Å². The van der Waals surface area contributed by atoms with Gasteiger partial charge < -0.3 is 9.13 Å². The number of thiophene rings is 1. The van der Waals surface area contributed by atoms with Gasteiger partial charge in [0.15, 0.2) is 0 Å². The van der Waals surface area contributed by atoms with Gasteiger partial charge in [-0.05, 0) is 84.3 Å². The highest BCUT2D eigenvalue weighted by atomic mass is 32.1. The Hall–Kier alpha value is -5.64. The number of rotatable bonds is 3. The predicted octanol–water partition coefficient (Wildman–Crippen LogP) is 12.2. The second-order valence-electron chi connectivity index (χ2n) is 12.2. The third-order valence-electron chi connectivity index (χ3n) is 9.65. The van der Waals surface area contributed by atoms with Crippen LogP contribution in [-0.4, -0.2) is 9.13 Å². The summed E-state index contributed by atoms with van der Waals surface area (Å²) in [6, 6.07) is 55.7. The van der Waals surface area contributed by atoms with E-state index in [0.29, 0.717) is 0 Å². The highest BCUT2D eigenvalue weighted by molar-refractivity contribution is 7.25. The van der Waals surface area contributed by atoms with Crippen molar-refractivity contribution in [1.82, 2.24) is 9.13 Å². The lowest BCUT2D eigenvalue weighted by atomic mass is 10.0. The van der Waals surface area contributed by atoms with Crippen molar-refractivity contribution in [2.75, 3.05) is 0 Å². The second kappa shape index (κ2) is 9.68. The van der Waals surface area contributed by atoms with E-state index >= 15 is 0 Å². The molecule has 0 bridgehead atoms. The SMILES string of the molecule is Cc1cc(-c2ccc(-n3c4ccccc4c4ccccc43)cc2)ccc1-n1c2ccccc2c2cc3sc4ccccc4c3cc21. The van der Waals surface area contributed by atoms with Crippen LogP contribution in [0.1, 0.15) is 5.56 Å². The monoisotopic (exact) mass is 604 g/mol. The van der Waals surface area contributed by atoms with Gasteiger partial charge in [-0.25, -0.2) is 0 Å². The van der Waals surface area contributed by atoms with Crippen molar-refractivity contribution >= 4 is 75.1 Å². The molecule has 0 saturated heterocycles. The smallest absolute Gasteiger partial charge is 0.0548 e. The van der Waals surface area contributed by atoms with Crippen molar-refractivity contribution in [3.05, 3.63) is 157 Å². The minimum Gasteiger partial charge on any atom is -0.309 e. The number of nitrogens with zero attached hydrogens (tertiary/aromatic N) is 2. The maximum atomic E-state index is 2.46. The number of hydrogen-bond donors (Lipinski definition) is 0. The zero-order chi connectivity index (χ0) is 30.4. The van der Waals surface area contributed by atoms with E-state index in [0.717, 1.165) is 0 Å². The molecule has 0 saturated carbocycles. The van der Waals surface area contributed by atoms with Crippen LogP contribution in [0.3, 0.4) is 0 Å². The van der Waals surface area contributed by atoms with Crippen molar-refractivity contribution in [2.24, 2.45) is 0 Å². The first-order valence-corrected chi connectivity index (χ1v) is 16.6. The van der Waals surface area contributed by atoms with Gasteiger partial charge in [0.05, 0.1) is 22.1 Å². The van der Waals surface area contributed by atoms with Gasteiger partial charge in [0, 0.05) is 53.1 Å². The van der Waals surface area contributed by atoms with Crippen molar-refractivity contribution in [3.63, 3.8) is 0 Å². The van der Waals surface area contributed by atoms with E-state index in [1.165, 1.54) is 91.8 Å². The summed E-state index contributed by atoms with van der Waals surface area (Å²) in [5.74, 6) is 0. The molecule has 0 unspecified atom stereocenters. The highest BCUT2D eigenvalue weighted by Gasteiger charge is 2.17. The molecule has 0 N–H and O–H groups in total. The number of hydrogen-bond acceptors (Lipinski definition) is 1. The first-order chi connectivity index (χ1) is 22.7. The molecule has 0 aliphatic heterocycles. The molecule has 0 atom stereocenters. The molecule has 0 spiro atoms. The molecule has 216 valence electrons. The molecular weight excluding hydrogens is 577 g/mol. The number of aryl methyl sites for hydroxylation is 1. The Kier molecular flexibility index (Phi) is 5.40. The van der Waals surface area contributed by atoms with Crippen LogP contribution in [0.15, 0.2) is 152 Å². The van der Waals surface area contributed by atoms with Crippen LogP contribution < -0.4 is 0 Å². The van der Waals surface area contributed by atoms with Crippen LogP contribution in [0.4, 0.5) is 0 Å².